The second kappa shape index (κ2) is 6.86. The Hall–Kier alpha value is -2.37. The molecule has 1 fully saturated rings. The summed E-state index contributed by atoms with van der Waals surface area (Å²) in [6, 6.07) is 5.47. The maximum atomic E-state index is 12.8. The molecule has 1 aromatic rings. The Labute approximate surface area is 148 Å². The van der Waals surface area contributed by atoms with E-state index in [0.29, 0.717) is 38.2 Å². The second-order valence-corrected chi connectivity index (χ2v) is 7.10. The molecule has 0 radical (unpaired) electrons. The van der Waals surface area contributed by atoms with E-state index in [4.69, 9.17) is 0 Å². The zero-order chi connectivity index (χ0) is 18.1. The van der Waals surface area contributed by atoms with Crippen molar-refractivity contribution in [1.29, 1.82) is 0 Å². The summed E-state index contributed by atoms with van der Waals surface area (Å²) in [7, 11) is 1.75. The molecule has 0 unspecified atom stereocenters. The van der Waals surface area contributed by atoms with Gasteiger partial charge in [-0.25, -0.2) is 0 Å². The Morgan fingerprint density at radius 3 is 2.44 bits per heavy atom. The van der Waals surface area contributed by atoms with Gasteiger partial charge in [-0.15, -0.1) is 0 Å². The van der Waals surface area contributed by atoms with E-state index in [1.807, 2.05) is 35.8 Å². The minimum Gasteiger partial charge on any atom is -0.341 e. The van der Waals surface area contributed by atoms with Crippen LogP contribution in [0.5, 0.6) is 0 Å². The fourth-order valence-corrected chi connectivity index (χ4v) is 3.49. The first-order valence-electron chi connectivity index (χ1n) is 8.86. The van der Waals surface area contributed by atoms with Crippen molar-refractivity contribution < 1.29 is 14.4 Å². The van der Waals surface area contributed by atoms with Gasteiger partial charge in [0.05, 0.1) is 6.42 Å². The molecule has 1 saturated heterocycles. The number of likely N-dealkylation sites (N-methyl/N-ethyl adjacent to an activating group) is 1. The zero-order valence-corrected chi connectivity index (χ0v) is 15.1. The maximum Gasteiger partial charge on any atom is 0.253 e. The highest BCUT2D eigenvalue weighted by Crippen LogP contribution is 2.28. The van der Waals surface area contributed by atoms with Gasteiger partial charge < -0.3 is 14.7 Å². The molecule has 3 amide bonds. The minimum atomic E-state index is -0.0244. The summed E-state index contributed by atoms with van der Waals surface area (Å²) in [6.07, 6.45) is 1.14. The molecule has 134 valence electrons. The zero-order valence-electron chi connectivity index (χ0n) is 15.1. The predicted molar refractivity (Wildman–Crippen MR) is 95.5 cm³/mol. The fourth-order valence-electron chi connectivity index (χ4n) is 3.49. The molecule has 0 saturated carbocycles. The van der Waals surface area contributed by atoms with Crippen LogP contribution in [-0.2, 0) is 16.0 Å². The van der Waals surface area contributed by atoms with Gasteiger partial charge in [-0.05, 0) is 30.2 Å². The van der Waals surface area contributed by atoms with Gasteiger partial charge in [-0.1, -0.05) is 13.8 Å². The Morgan fingerprint density at radius 2 is 1.72 bits per heavy atom. The highest BCUT2D eigenvalue weighted by molar-refractivity contribution is 6.03. The van der Waals surface area contributed by atoms with Crippen molar-refractivity contribution in [2.24, 2.45) is 5.92 Å². The molecule has 2 aliphatic rings. The Bertz CT molecular complexity index is 714. The molecule has 6 nitrogen and oxygen atoms in total. The smallest absolute Gasteiger partial charge is 0.253 e. The van der Waals surface area contributed by atoms with Crippen molar-refractivity contribution in [3.05, 3.63) is 29.3 Å². The van der Waals surface area contributed by atoms with Crippen LogP contribution in [0.1, 0.15) is 36.2 Å². The molecule has 0 spiro atoms. The summed E-state index contributed by atoms with van der Waals surface area (Å²) in [6.45, 7) is 6.28. The molecule has 0 bridgehead atoms. The second-order valence-electron chi connectivity index (χ2n) is 7.10. The van der Waals surface area contributed by atoms with Gasteiger partial charge in [0.15, 0.2) is 0 Å². The molecule has 2 aliphatic heterocycles. The molecule has 6 heteroatoms. The van der Waals surface area contributed by atoms with E-state index in [2.05, 4.69) is 0 Å². The molecule has 0 aromatic heterocycles. The van der Waals surface area contributed by atoms with Crippen LogP contribution in [0.4, 0.5) is 5.69 Å². The number of nitrogens with zero attached hydrogens (tertiary/aromatic N) is 3. The van der Waals surface area contributed by atoms with Gasteiger partial charge in [0.2, 0.25) is 11.8 Å². The molecule has 0 N–H and O–H groups in total. The summed E-state index contributed by atoms with van der Waals surface area (Å²) in [5, 5.41) is 0. The van der Waals surface area contributed by atoms with Gasteiger partial charge in [-0.3, -0.25) is 14.4 Å². The lowest BCUT2D eigenvalue weighted by atomic mass is 10.1. The SMILES string of the molecule is CC(C)C(=O)N1CCCN(C(=O)c2ccc3c(c2)CC(=O)N3C)CC1. The third-order valence-electron chi connectivity index (χ3n) is 4.99. The first-order chi connectivity index (χ1) is 11.9. The van der Waals surface area contributed by atoms with Crippen molar-refractivity contribution in [3.63, 3.8) is 0 Å². The van der Waals surface area contributed by atoms with Gasteiger partial charge in [0.25, 0.3) is 5.91 Å². The van der Waals surface area contributed by atoms with E-state index in [-0.39, 0.29) is 23.6 Å². The van der Waals surface area contributed by atoms with Crippen molar-refractivity contribution in [1.82, 2.24) is 9.80 Å². The highest BCUT2D eigenvalue weighted by Gasteiger charge is 2.27. The topological polar surface area (TPSA) is 60.9 Å². The molecular formula is C19H25N3O3. The average Bonchev–Trinajstić information content (AvgIpc) is 2.78. The minimum absolute atomic E-state index is 0.0199. The highest BCUT2D eigenvalue weighted by atomic mass is 16.2. The van der Waals surface area contributed by atoms with E-state index >= 15 is 0 Å². The van der Waals surface area contributed by atoms with Crippen LogP contribution in [0.3, 0.4) is 0 Å². The van der Waals surface area contributed by atoms with E-state index in [9.17, 15) is 14.4 Å². The summed E-state index contributed by atoms with van der Waals surface area (Å²) in [4.78, 5) is 42.1. The lowest BCUT2D eigenvalue weighted by molar-refractivity contribution is -0.134. The fraction of sp³-hybridized carbons (Fsp3) is 0.526. The number of carbonyl (C=O) groups is 3. The van der Waals surface area contributed by atoms with Gasteiger partial charge in [-0.2, -0.15) is 0 Å². The number of hydrogen-bond acceptors (Lipinski definition) is 3. The van der Waals surface area contributed by atoms with Crippen molar-refractivity contribution >= 4 is 23.4 Å². The van der Waals surface area contributed by atoms with E-state index in [1.165, 1.54) is 0 Å². The summed E-state index contributed by atoms with van der Waals surface area (Å²) < 4.78 is 0. The van der Waals surface area contributed by atoms with Crippen LogP contribution in [0, 0.1) is 5.92 Å². The molecule has 0 aliphatic carbocycles. The molecular weight excluding hydrogens is 318 g/mol. The van der Waals surface area contributed by atoms with Crippen molar-refractivity contribution in [3.8, 4) is 0 Å². The van der Waals surface area contributed by atoms with Crippen LogP contribution < -0.4 is 4.90 Å². The lowest BCUT2D eigenvalue weighted by Crippen LogP contribution is -2.39. The monoisotopic (exact) mass is 343 g/mol. The Kier molecular flexibility index (Phi) is 4.79. The summed E-state index contributed by atoms with van der Waals surface area (Å²) in [5.41, 5.74) is 2.40. The number of fused-ring (bicyclic) bond motifs is 1. The van der Waals surface area contributed by atoms with Crippen molar-refractivity contribution in [2.75, 3.05) is 38.1 Å². The lowest BCUT2D eigenvalue weighted by Gasteiger charge is -2.23. The average molecular weight is 343 g/mol. The summed E-state index contributed by atoms with van der Waals surface area (Å²) in [5.74, 6) is 0.155. The van der Waals surface area contributed by atoms with Crippen LogP contribution >= 0.6 is 0 Å². The van der Waals surface area contributed by atoms with Crippen molar-refractivity contribution in [2.45, 2.75) is 26.7 Å². The first kappa shape index (κ1) is 17.5. The maximum absolute atomic E-state index is 12.8. The third kappa shape index (κ3) is 3.38. The third-order valence-corrected chi connectivity index (χ3v) is 4.99. The van der Waals surface area contributed by atoms with Gasteiger partial charge in [0.1, 0.15) is 0 Å². The number of benzene rings is 1. The molecule has 25 heavy (non-hydrogen) atoms. The van der Waals surface area contributed by atoms with E-state index in [1.54, 1.807) is 18.0 Å². The van der Waals surface area contributed by atoms with Gasteiger partial charge in [0, 0.05) is 50.4 Å². The van der Waals surface area contributed by atoms with Crippen LogP contribution in [0.15, 0.2) is 18.2 Å². The number of hydrogen-bond donors (Lipinski definition) is 0. The van der Waals surface area contributed by atoms with E-state index < -0.39 is 0 Å². The molecule has 0 atom stereocenters. The quantitative estimate of drug-likeness (QED) is 0.818. The molecule has 3 rings (SSSR count). The van der Waals surface area contributed by atoms with Gasteiger partial charge >= 0.3 is 0 Å². The van der Waals surface area contributed by atoms with E-state index in [0.717, 1.165) is 17.7 Å². The van der Waals surface area contributed by atoms with Crippen LogP contribution in [0.25, 0.3) is 0 Å². The Balaban J connectivity index is 1.71. The normalized spacial score (nSPS) is 17.8. The standard InChI is InChI=1S/C19H25N3O3/c1-13(2)18(24)21-7-4-8-22(10-9-21)19(25)14-5-6-16-15(11-14)12-17(23)20(16)3/h5-6,11,13H,4,7-10,12H2,1-3H3. The molecule has 2 heterocycles. The number of anilines is 1. The van der Waals surface area contributed by atoms with Crippen LogP contribution in [-0.4, -0.2) is 60.7 Å². The predicted octanol–water partition coefficient (Wildman–Crippen LogP) is 1.54. The van der Waals surface area contributed by atoms with Crippen LogP contribution in [0.2, 0.25) is 0 Å². The summed E-state index contributed by atoms with van der Waals surface area (Å²) >= 11 is 0. The number of carbonyl (C=O) groups excluding carboxylic acids is 3. The number of amides is 3. The Morgan fingerprint density at radius 1 is 1.04 bits per heavy atom. The molecule has 1 aromatic carbocycles. The number of rotatable bonds is 2. The largest absolute Gasteiger partial charge is 0.341 e. The first-order valence-corrected chi connectivity index (χ1v) is 8.86.